The quantitative estimate of drug-likeness (QED) is 0.676. The molecule has 2 rings (SSSR count). The first kappa shape index (κ1) is 16.9. The smallest absolute Gasteiger partial charge is 0.427 e. The summed E-state index contributed by atoms with van der Waals surface area (Å²) in [6.45, 7) is 1.44. The van der Waals surface area contributed by atoms with E-state index in [0.717, 1.165) is 0 Å². The molecule has 0 saturated heterocycles. The maximum absolute atomic E-state index is 11.9. The van der Waals surface area contributed by atoms with Crippen LogP contribution in [0.4, 0.5) is 15.6 Å². The summed E-state index contributed by atoms with van der Waals surface area (Å²) in [6.07, 6.45) is 0.675. The Balaban J connectivity index is 2.22. The number of hydrogen-bond donors (Lipinski definition) is 1. The van der Waals surface area contributed by atoms with E-state index in [1.165, 1.54) is 36.5 Å². The zero-order valence-electron chi connectivity index (χ0n) is 12.3. The highest BCUT2D eigenvalue weighted by atomic mass is 35.5. The average molecular weight is 353 g/mol. The lowest BCUT2D eigenvalue weighted by molar-refractivity contribution is -0.115. The summed E-state index contributed by atoms with van der Waals surface area (Å²) < 4.78 is 4.39. The standard InChI is InChI=1S/C14H13ClN4O3S/c1-9(20)19(12-5-3-4-10(15)6-12)13-17-11(8-23-13)7-16-18-14(21)22-2/h3-8H,1-2H3,(H,18,21)/b16-7-. The van der Waals surface area contributed by atoms with Crippen LogP contribution in [0.1, 0.15) is 12.6 Å². The molecule has 0 unspecified atom stereocenters. The van der Waals surface area contributed by atoms with Crippen LogP contribution in [0, 0.1) is 0 Å². The lowest BCUT2D eigenvalue weighted by Crippen LogP contribution is -2.22. The number of carbonyl (C=O) groups is 2. The van der Waals surface area contributed by atoms with Gasteiger partial charge in [-0.05, 0) is 18.2 Å². The Morgan fingerprint density at radius 3 is 2.91 bits per heavy atom. The lowest BCUT2D eigenvalue weighted by atomic mass is 10.3. The van der Waals surface area contributed by atoms with Gasteiger partial charge in [0.25, 0.3) is 0 Å². The van der Waals surface area contributed by atoms with Gasteiger partial charge < -0.3 is 4.74 Å². The van der Waals surface area contributed by atoms with Gasteiger partial charge in [-0.3, -0.25) is 9.69 Å². The number of nitrogens with one attached hydrogen (secondary N) is 1. The van der Waals surface area contributed by atoms with E-state index in [4.69, 9.17) is 11.6 Å². The molecule has 0 aliphatic rings. The van der Waals surface area contributed by atoms with Crippen LogP contribution < -0.4 is 10.3 Å². The van der Waals surface area contributed by atoms with E-state index in [9.17, 15) is 9.59 Å². The maximum atomic E-state index is 11.9. The van der Waals surface area contributed by atoms with E-state index >= 15 is 0 Å². The second-order valence-electron chi connectivity index (χ2n) is 4.25. The van der Waals surface area contributed by atoms with E-state index in [1.54, 1.807) is 29.6 Å². The van der Waals surface area contributed by atoms with Gasteiger partial charge in [0, 0.05) is 17.3 Å². The highest BCUT2D eigenvalue weighted by molar-refractivity contribution is 7.14. The Kier molecular flexibility index (Phi) is 5.67. The third-order valence-electron chi connectivity index (χ3n) is 2.62. The van der Waals surface area contributed by atoms with Crippen molar-refractivity contribution in [3.8, 4) is 0 Å². The summed E-state index contributed by atoms with van der Waals surface area (Å²) in [5, 5.41) is 6.39. The molecule has 1 aromatic heterocycles. The van der Waals surface area contributed by atoms with Crippen LogP contribution >= 0.6 is 22.9 Å². The third kappa shape index (κ3) is 4.51. The van der Waals surface area contributed by atoms with Crippen LogP contribution in [0.5, 0.6) is 0 Å². The van der Waals surface area contributed by atoms with Crippen LogP contribution in [0.3, 0.4) is 0 Å². The molecule has 0 atom stereocenters. The second-order valence-corrected chi connectivity index (χ2v) is 5.52. The predicted octanol–water partition coefficient (Wildman–Crippen LogP) is 3.17. The third-order valence-corrected chi connectivity index (χ3v) is 3.70. The Hall–Kier alpha value is -2.45. The van der Waals surface area contributed by atoms with Crippen LogP contribution in [0.15, 0.2) is 34.7 Å². The predicted molar refractivity (Wildman–Crippen MR) is 89.5 cm³/mol. The molecular formula is C14H13ClN4O3S. The molecule has 0 spiro atoms. The number of ether oxygens (including phenoxy) is 1. The molecule has 7 nitrogen and oxygen atoms in total. The number of methoxy groups -OCH3 is 1. The van der Waals surface area contributed by atoms with Crippen molar-refractivity contribution in [2.75, 3.05) is 12.0 Å². The number of hydrazone groups is 1. The number of nitrogens with zero attached hydrogens (tertiary/aromatic N) is 3. The van der Waals surface area contributed by atoms with Crippen molar-refractivity contribution in [1.29, 1.82) is 0 Å². The van der Waals surface area contributed by atoms with Crippen molar-refractivity contribution in [1.82, 2.24) is 10.4 Å². The Labute approximate surface area is 141 Å². The molecule has 0 aliphatic carbocycles. The van der Waals surface area contributed by atoms with Gasteiger partial charge in [-0.2, -0.15) is 5.10 Å². The molecule has 2 amide bonds. The molecule has 2 aromatic rings. The van der Waals surface area contributed by atoms with Gasteiger partial charge in [0.15, 0.2) is 5.13 Å². The molecule has 120 valence electrons. The molecule has 9 heteroatoms. The number of carbonyl (C=O) groups excluding carboxylic acids is 2. The summed E-state index contributed by atoms with van der Waals surface area (Å²) in [5.41, 5.74) is 3.27. The zero-order chi connectivity index (χ0) is 16.8. The summed E-state index contributed by atoms with van der Waals surface area (Å²) in [4.78, 5) is 28.6. The molecule has 23 heavy (non-hydrogen) atoms. The Bertz CT molecular complexity index is 747. The first-order chi connectivity index (χ1) is 11.0. The fraction of sp³-hybridized carbons (Fsp3) is 0.143. The number of rotatable bonds is 4. The number of benzene rings is 1. The molecule has 0 aliphatic heterocycles. The van der Waals surface area contributed by atoms with Crippen LogP contribution in [0.25, 0.3) is 0 Å². The normalized spacial score (nSPS) is 10.6. The van der Waals surface area contributed by atoms with E-state index < -0.39 is 6.09 Å². The van der Waals surface area contributed by atoms with E-state index in [0.29, 0.717) is 21.5 Å². The van der Waals surface area contributed by atoms with E-state index in [1.807, 2.05) is 0 Å². The largest absolute Gasteiger partial charge is 0.452 e. The minimum absolute atomic E-state index is 0.196. The van der Waals surface area contributed by atoms with E-state index in [-0.39, 0.29) is 5.91 Å². The number of halogens is 1. The van der Waals surface area contributed by atoms with Gasteiger partial charge in [-0.25, -0.2) is 15.2 Å². The van der Waals surface area contributed by atoms with Crippen molar-refractivity contribution in [3.63, 3.8) is 0 Å². The average Bonchev–Trinajstić information content (AvgIpc) is 2.95. The molecule has 1 aromatic carbocycles. The summed E-state index contributed by atoms with van der Waals surface area (Å²) in [6, 6.07) is 6.92. The van der Waals surface area contributed by atoms with Crippen molar-refractivity contribution in [2.45, 2.75) is 6.92 Å². The van der Waals surface area contributed by atoms with Gasteiger partial charge in [-0.1, -0.05) is 17.7 Å². The highest BCUT2D eigenvalue weighted by Crippen LogP contribution is 2.30. The fourth-order valence-electron chi connectivity index (χ4n) is 1.68. The summed E-state index contributed by atoms with van der Waals surface area (Å²) >= 11 is 7.24. The first-order valence-corrected chi connectivity index (χ1v) is 7.66. The number of thiazole rings is 1. The van der Waals surface area contributed by atoms with Crippen molar-refractivity contribution in [2.24, 2.45) is 5.10 Å². The number of aromatic nitrogens is 1. The molecule has 0 fully saturated rings. The van der Waals surface area contributed by atoms with Crippen molar-refractivity contribution >= 4 is 52.0 Å². The Morgan fingerprint density at radius 2 is 2.26 bits per heavy atom. The molecule has 1 N–H and O–H groups in total. The zero-order valence-corrected chi connectivity index (χ0v) is 13.9. The highest BCUT2D eigenvalue weighted by Gasteiger charge is 2.17. The molecular weight excluding hydrogens is 340 g/mol. The van der Waals surface area contributed by atoms with Gasteiger partial charge >= 0.3 is 6.09 Å². The van der Waals surface area contributed by atoms with Gasteiger partial charge in [0.1, 0.15) is 0 Å². The van der Waals surface area contributed by atoms with Crippen LogP contribution in [0.2, 0.25) is 5.02 Å². The molecule has 0 saturated carbocycles. The van der Waals surface area contributed by atoms with Gasteiger partial charge in [0.2, 0.25) is 5.91 Å². The number of hydrogen-bond acceptors (Lipinski definition) is 6. The fourth-order valence-corrected chi connectivity index (χ4v) is 2.70. The minimum Gasteiger partial charge on any atom is -0.452 e. The lowest BCUT2D eigenvalue weighted by Gasteiger charge is -2.17. The van der Waals surface area contributed by atoms with E-state index in [2.05, 4.69) is 20.2 Å². The molecule has 0 bridgehead atoms. The van der Waals surface area contributed by atoms with Crippen LogP contribution in [-0.4, -0.2) is 30.3 Å². The van der Waals surface area contributed by atoms with Gasteiger partial charge in [0.05, 0.1) is 24.7 Å². The van der Waals surface area contributed by atoms with Crippen molar-refractivity contribution < 1.29 is 14.3 Å². The topological polar surface area (TPSA) is 83.9 Å². The molecule has 1 heterocycles. The number of amides is 2. The first-order valence-electron chi connectivity index (χ1n) is 6.40. The Morgan fingerprint density at radius 1 is 1.48 bits per heavy atom. The number of anilines is 2. The molecule has 0 radical (unpaired) electrons. The summed E-state index contributed by atoms with van der Waals surface area (Å²) in [7, 11) is 1.24. The second kappa shape index (κ2) is 7.70. The minimum atomic E-state index is -0.680. The van der Waals surface area contributed by atoms with Crippen LogP contribution in [-0.2, 0) is 9.53 Å². The SMILES string of the molecule is COC(=O)N/N=C\c1csc(N(C(C)=O)c2cccc(Cl)c2)n1. The monoisotopic (exact) mass is 352 g/mol. The maximum Gasteiger partial charge on any atom is 0.427 e. The van der Waals surface area contributed by atoms with Crippen molar-refractivity contribution in [3.05, 3.63) is 40.4 Å². The van der Waals surface area contributed by atoms with Gasteiger partial charge in [-0.15, -0.1) is 11.3 Å². The summed E-state index contributed by atoms with van der Waals surface area (Å²) in [5.74, 6) is -0.196.